The topological polar surface area (TPSA) is 162 Å². The van der Waals surface area contributed by atoms with Gasteiger partial charge in [-0.3, -0.25) is 19.1 Å². The number of hydrogen-bond acceptors (Lipinski definition) is 11. The summed E-state index contributed by atoms with van der Waals surface area (Å²) in [5, 5.41) is 18.2. The van der Waals surface area contributed by atoms with Crippen molar-refractivity contribution in [3.8, 4) is 11.8 Å². The molecule has 0 aromatic carbocycles. The maximum Gasteiger partial charge on any atom is 0.310 e. The average Bonchev–Trinajstić information content (AvgIpc) is 3.58. The number of sulfonamides is 1. The molecule has 14 nitrogen and oxygen atoms in total. The fraction of sp³-hybridized carbons (Fsp3) is 0.564. The Hall–Kier alpha value is -4.32. The molecule has 0 aliphatic carbocycles. The van der Waals surface area contributed by atoms with Crippen LogP contribution in [0.3, 0.4) is 0 Å². The van der Waals surface area contributed by atoms with Crippen LogP contribution < -0.4 is 9.47 Å². The maximum atomic E-state index is 14.7. The fourth-order valence-corrected chi connectivity index (χ4v) is 9.69. The molecule has 7 rings (SSSR count). The second-order valence-electron chi connectivity index (χ2n) is 15.8. The summed E-state index contributed by atoms with van der Waals surface area (Å²) in [6, 6.07) is 4.90. The molecule has 0 bridgehead atoms. The third-order valence-electron chi connectivity index (χ3n) is 11.5. The highest BCUT2D eigenvalue weighted by Crippen LogP contribution is 2.44. The Bertz CT molecular complexity index is 2220. The Morgan fingerprint density at radius 2 is 1.80 bits per heavy atom. The van der Waals surface area contributed by atoms with Crippen molar-refractivity contribution in [3.63, 3.8) is 0 Å². The summed E-state index contributed by atoms with van der Waals surface area (Å²) in [5.74, 6) is -2.18. The average molecular weight is 798 g/mol. The highest BCUT2D eigenvalue weighted by molar-refractivity contribution is 7.89. The maximum absolute atomic E-state index is 14.7. The monoisotopic (exact) mass is 797 g/mol. The number of likely N-dealkylation sites (tertiary alicyclic amines) is 1. The lowest BCUT2D eigenvalue weighted by Crippen LogP contribution is -2.50. The van der Waals surface area contributed by atoms with Crippen molar-refractivity contribution in [3.05, 3.63) is 69.9 Å². The number of hydrogen-bond donors (Lipinski definition) is 1. The Labute approximate surface area is 325 Å². The zero-order chi connectivity index (χ0) is 40.0. The number of carboxylic acids is 1. The number of aromatic nitrogens is 5. The van der Waals surface area contributed by atoms with E-state index in [9.17, 15) is 27.1 Å². The molecule has 4 aromatic rings. The number of pyridine rings is 3. The number of nitrogens with zero attached hydrogens (tertiary/aromatic N) is 7. The van der Waals surface area contributed by atoms with Gasteiger partial charge in [-0.2, -0.15) is 9.29 Å². The van der Waals surface area contributed by atoms with Crippen molar-refractivity contribution in [2.24, 2.45) is 5.41 Å². The summed E-state index contributed by atoms with van der Waals surface area (Å²) >= 11 is 0. The number of ether oxygens (including phenoxy) is 3. The molecule has 7 heterocycles. The van der Waals surface area contributed by atoms with Gasteiger partial charge in [0.25, 0.3) is 6.43 Å². The van der Waals surface area contributed by atoms with Gasteiger partial charge in [0, 0.05) is 55.5 Å². The predicted molar refractivity (Wildman–Crippen MR) is 201 cm³/mol. The van der Waals surface area contributed by atoms with Gasteiger partial charge in [-0.1, -0.05) is 6.42 Å². The zero-order valence-electron chi connectivity index (χ0n) is 32.4. The molecule has 4 aromatic heterocycles. The molecule has 0 unspecified atom stereocenters. The van der Waals surface area contributed by atoms with Crippen LogP contribution in [0, 0.1) is 26.2 Å². The summed E-state index contributed by atoms with van der Waals surface area (Å²) in [4.78, 5) is 24.5. The van der Waals surface area contributed by atoms with Crippen LogP contribution in [0.15, 0.2) is 35.5 Å². The first kappa shape index (κ1) is 39.9. The van der Waals surface area contributed by atoms with Crippen molar-refractivity contribution in [1.82, 2.24) is 33.8 Å². The van der Waals surface area contributed by atoms with Gasteiger partial charge < -0.3 is 19.3 Å². The van der Waals surface area contributed by atoms with Crippen molar-refractivity contribution in [2.75, 3.05) is 46.0 Å². The lowest BCUT2D eigenvalue weighted by atomic mass is 9.71. The van der Waals surface area contributed by atoms with E-state index in [0.29, 0.717) is 72.1 Å². The largest absolute Gasteiger partial charge is 0.481 e. The van der Waals surface area contributed by atoms with Gasteiger partial charge in [0.1, 0.15) is 17.1 Å². The molecular formula is C39H49F2N7O7S. The minimum absolute atomic E-state index is 0.00210. The summed E-state index contributed by atoms with van der Waals surface area (Å²) in [5.41, 5.74) is 1.03. The Kier molecular flexibility index (Phi) is 11.1. The van der Waals surface area contributed by atoms with E-state index in [2.05, 4.69) is 20.1 Å². The van der Waals surface area contributed by atoms with Crippen LogP contribution in [0.2, 0.25) is 0 Å². The van der Waals surface area contributed by atoms with Gasteiger partial charge in [-0.25, -0.2) is 17.2 Å². The third kappa shape index (κ3) is 7.57. The highest BCUT2D eigenvalue weighted by atomic mass is 32.2. The van der Waals surface area contributed by atoms with E-state index in [1.165, 1.54) is 21.3 Å². The molecule has 56 heavy (non-hydrogen) atoms. The lowest BCUT2D eigenvalue weighted by Gasteiger charge is -2.38. The van der Waals surface area contributed by atoms with Crippen LogP contribution in [0.5, 0.6) is 11.8 Å². The molecule has 1 atom stereocenters. The minimum Gasteiger partial charge on any atom is -0.481 e. The van der Waals surface area contributed by atoms with Crippen molar-refractivity contribution in [2.45, 2.75) is 96.1 Å². The molecule has 3 aliphatic heterocycles. The van der Waals surface area contributed by atoms with Crippen molar-refractivity contribution < 1.29 is 41.3 Å². The number of rotatable bonds is 11. The number of carbonyl (C=O) groups is 1. The fourth-order valence-electron chi connectivity index (χ4n) is 8.06. The standard InChI is InChI=1S/C39H49F2N7O7S/c1-24-19-30-36(43-35(24)54-18-15-46-12-7-6-8-13-46)55-39(10-16-53-17-11-39)23-47(56(30,51)52)22-27-20-29(42-21-25(27)2)31(38(4,5)37(49)50)28-9-14-48-33(26(28)3)44-45-34(48)32(40)41/h9,14,19-21,31-32H,6-8,10-13,15-18,22-23H2,1-5H3,(H,49,50)/t31-/m0/s1. The van der Waals surface area contributed by atoms with Crippen LogP contribution in [0.25, 0.3) is 5.65 Å². The van der Waals surface area contributed by atoms with E-state index in [1.807, 2.05) is 6.92 Å². The predicted octanol–water partition coefficient (Wildman–Crippen LogP) is 5.62. The summed E-state index contributed by atoms with van der Waals surface area (Å²) in [6.45, 7) is 12.4. The number of aryl methyl sites for hydroxylation is 3. The third-order valence-corrected chi connectivity index (χ3v) is 13.3. The normalized spacial score (nSPS) is 19.4. The molecule has 1 N–H and O–H groups in total. The van der Waals surface area contributed by atoms with E-state index in [0.717, 1.165) is 32.5 Å². The first-order valence-electron chi connectivity index (χ1n) is 19.1. The second-order valence-corrected chi connectivity index (χ2v) is 17.7. The quantitative estimate of drug-likeness (QED) is 0.200. The zero-order valence-corrected chi connectivity index (χ0v) is 33.2. The van der Waals surface area contributed by atoms with E-state index in [1.54, 1.807) is 52.1 Å². The molecule has 0 saturated carbocycles. The van der Waals surface area contributed by atoms with Crippen LogP contribution in [-0.4, -0.2) is 105 Å². The van der Waals surface area contributed by atoms with Gasteiger partial charge in [0.05, 0.1) is 25.2 Å². The van der Waals surface area contributed by atoms with E-state index in [-0.39, 0.29) is 29.5 Å². The summed E-state index contributed by atoms with van der Waals surface area (Å²) in [7, 11) is -4.20. The summed E-state index contributed by atoms with van der Waals surface area (Å²) < 4.78 is 77.9. The smallest absolute Gasteiger partial charge is 0.310 e. The Balaban J connectivity index is 1.26. The first-order chi connectivity index (χ1) is 26.6. The molecule has 2 saturated heterocycles. The molecule has 2 fully saturated rings. The van der Waals surface area contributed by atoms with Crippen LogP contribution in [-0.2, 0) is 26.1 Å². The molecule has 0 amide bonds. The number of carboxylic acid groups (broad SMARTS) is 1. The summed E-state index contributed by atoms with van der Waals surface area (Å²) in [6.07, 6.45) is 4.59. The number of alkyl halides is 2. The van der Waals surface area contributed by atoms with Crippen LogP contribution in [0.1, 0.15) is 97.6 Å². The first-order valence-corrected chi connectivity index (χ1v) is 20.5. The Morgan fingerprint density at radius 1 is 1.07 bits per heavy atom. The van der Waals surface area contributed by atoms with Gasteiger partial charge in [-0.15, -0.1) is 10.2 Å². The van der Waals surface area contributed by atoms with Crippen LogP contribution in [0.4, 0.5) is 8.78 Å². The second kappa shape index (κ2) is 15.6. The van der Waals surface area contributed by atoms with Gasteiger partial charge in [0.2, 0.25) is 27.6 Å². The molecule has 302 valence electrons. The molecule has 3 aliphatic rings. The lowest BCUT2D eigenvalue weighted by molar-refractivity contribution is -0.147. The Morgan fingerprint density at radius 3 is 2.50 bits per heavy atom. The van der Waals surface area contributed by atoms with Gasteiger partial charge in [-0.05, 0) is 101 Å². The number of halogens is 2. The number of aliphatic carboxylic acids is 1. The minimum atomic E-state index is -4.20. The molecule has 0 radical (unpaired) electrons. The van der Waals surface area contributed by atoms with Gasteiger partial charge in [0.15, 0.2) is 5.65 Å². The highest BCUT2D eigenvalue weighted by Gasteiger charge is 2.47. The van der Waals surface area contributed by atoms with Gasteiger partial charge >= 0.3 is 5.97 Å². The molecule has 17 heteroatoms. The number of fused-ring (bicyclic) bond motifs is 2. The number of piperidine rings is 1. The van der Waals surface area contributed by atoms with E-state index < -0.39 is 45.2 Å². The molecular weight excluding hydrogens is 749 g/mol. The van der Waals surface area contributed by atoms with Crippen molar-refractivity contribution >= 4 is 21.6 Å². The molecule has 1 spiro atoms. The van der Waals surface area contributed by atoms with Crippen LogP contribution >= 0.6 is 0 Å². The van der Waals surface area contributed by atoms with Crippen molar-refractivity contribution in [1.29, 1.82) is 0 Å². The SMILES string of the molecule is Cc1cnc([C@H](c2ccn3c(C(F)F)nnc3c2C)C(C)(C)C(=O)O)cc1CN1CC2(CCOCC2)Oc2nc(OCCN3CCCCC3)c(C)cc2S1(=O)=O. The van der Waals surface area contributed by atoms with E-state index >= 15 is 0 Å². The van der Waals surface area contributed by atoms with E-state index in [4.69, 9.17) is 19.2 Å².